The lowest BCUT2D eigenvalue weighted by Gasteiger charge is -2.05. The molecule has 0 bridgehead atoms. The first-order chi connectivity index (χ1) is 3.31. The van der Waals surface area contributed by atoms with E-state index in [9.17, 15) is 0 Å². The van der Waals surface area contributed by atoms with Crippen LogP contribution in [0.1, 0.15) is 6.92 Å². The molecule has 0 radical (unpaired) electrons. The van der Waals surface area contributed by atoms with Gasteiger partial charge in [-0.2, -0.15) is 0 Å². The number of aliphatic hydroxyl groups is 1. The SMILES string of the molecule is CCOC(O)OC. The Morgan fingerprint density at radius 3 is 2.43 bits per heavy atom. The molecular weight excluding hydrogens is 96.0 g/mol. The summed E-state index contributed by atoms with van der Waals surface area (Å²) >= 11 is 0. The molecule has 7 heavy (non-hydrogen) atoms. The molecule has 0 rings (SSSR count). The average Bonchev–Trinajstić information content (AvgIpc) is 1.68. The van der Waals surface area contributed by atoms with Crippen LogP contribution in [0.15, 0.2) is 0 Å². The Labute approximate surface area is 42.9 Å². The van der Waals surface area contributed by atoms with Crippen LogP contribution in [0, 0.1) is 0 Å². The van der Waals surface area contributed by atoms with Crippen molar-refractivity contribution in [3.05, 3.63) is 0 Å². The van der Waals surface area contributed by atoms with Crippen molar-refractivity contribution >= 4 is 0 Å². The van der Waals surface area contributed by atoms with Gasteiger partial charge in [0.2, 0.25) is 0 Å². The molecule has 0 aromatic heterocycles. The van der Waals surface area contributed by atoms with Crippen molar-refractivity contribution in [2.75, 3.05) is 13.7 Å². The van der Waals surface area contributed by atoms with Crippen molar-refractivity contribution in [1.82, 2.24) is 0 Å². The van der Waals surface area contributed by atoms with Crippen LogP contribution in [0.2, 0.25) is 0 Å². The van der Waals surface area contributed by atoms with Crippen LogP contribution in [0.25, 0.3) is 0 Å². The fraction of sp³-hybridized carbons (Fsp3) is 1.00. The molecule has 0 saturated heterocycles. The molecule has 0 fully saturated rings. The van der Waals surface area contributed by atoms with Crippen LogP contribution < -0.4 is 0 Å². The number of hydrogen-bond donors (Lipinski definition) is 1. The van der Waals surface area contributed by atoms with E-state index in [0.717, 1.165) is 0 Å². The molecule has 0 saturated carbocycles. The van der Waals surface area contributed by atoms with Crippen molar-refractivity contribution in [3.8, 4) is 0 Å². The predicted octanol–water partition coefficient (Wildman–Crippen LogP) is -0.0548. The monoisotopic (exact) mass is 106 g/mol. The van der Waals surface area contributed by atoms with E-state index in [-0.39, 0.29) is 0 Å². The maximum atomic E-state index is 8.41. The van der Waals surface area contributed by atoms with Crippen molar-refractivity contribution in [1.29, 1.82) is 0 Å². The molecular formula is C4H10O3. The van der Waals surface area contributed by atoms with E-state index in [1.807, 2.05) is 0 Å². The van der Waals surface area contributed by atoms with Gasteiger partial charge in [-0.05, 0) is 6.92 Å². The van der Waals surface area contributed by atoms with Crippen molar-refractivity contribution in [2.45, 2.75) is 13.4 Å². The maximum Gasteiger partial charge on any atom is 0.268 e. The van der Waals surface area contributed by atoms with E-state index >= 15 is 0 Å². The van der Waals surface area contributed by atoms with Gasteiger partial charge in [-0.15, -0.1) is 0 Å². The molecule has 1 atom stereocenters. The Balaban J connectivity index is 2.83. The quantitative estimate of drug-likeness (QED) is 0.512. The highest BCUT2D eigenvalue weighted by atomic mass is 16.8. The molecule has 0 spiro atoms. The van der Waals surface area contributed by atoms with Crippen molar-refractivity contribution in [3.63, 3.8) is 0 Å². The third kappa shape index (κ3) is 3.72. The lowest BCUT2D eigenvalue weighted by atomic mass is 10.9. The van der Waals surface area contributed by atoms with Gasteiger partial charge in [0.05, 0.1) is 0 Å². The first-order valence-electron chi connectivity index (χ1n) is 2.13. The molecule has 0 aliphatic rings. The first kappa shape index (κ1) is 6.88. The minimum absolute atomic E-state index is 0.467. The number of methoxy groups -OCH3 is 1. The normalized spacial score (nSPS) is 14.1. The third-order valence-electron chi connectivity index (χ3n) is 0.511. The average molecular weight is 106 g/mol. The highest BCUT2D eigenvalue weighted by molar-refractivity contribution is 4.10. The topological polar surface area (TPSA) is 38.7 Å². The van der Waals surface area contributed by atoms with E-state index in [0.29, 0.717) is 6.61 Å². The number of ether oxygens (including phenoxy) is 2. The largest absolute Gasteiger partial charge is 0.346 e. The Morgan fingerprint density at radius 1 is 1.71 bits per heavy atom. The Bertz CT molecular complexity index is 37.9. The zero-order valence-electron chi connectivity index (χ0n) is 4.55. The van der Waals surface area contributed by atoms with Gasteiger partial charge in [0, 0.05) is 13.7 Å². The van der Waals surface area contributed by atoms with Gasteiger partial charge in [0.15, 0.2) is 0 Å². The van der Waals surface area contributed by atoms with Crippen LogP contribution in [-0.4, -0.2) is 25.3 Å². The smallest absolute Gasteiger partial charge is 0.268 e. The fourth-order valence-corrected chi connectivity index (χ4v) is 0.211. The van der Waals surface area contributed by atoms with Crippen molar-refractivity contribution in [2.24, 2.45) is 0 Å². The third-order valence-corrected chi connectivity index (χ3v) is 0.511. The van der Waals surface area contributed by atoms with E-state index in [2.05, 4.69) is 9.47 Å². The van der Waals surface area contributed by atoms with Gasteiger partial charge in [-0.25, -0.2) is 0 Å². The fourth-order valence-electron chi connectivity index (χ4n) is 0.211. The van der Waals surface area contributed by atoms with Gasteiger partial charge in [-0.1, -0.05) is 0 Å². The molecule has 3 nitrogen and oxygen atoms in total. The van der Waals surface area contributed by atoms with Crippen molar-refractivity contribution < 1.29 is 14.6 Å². The van der Waals surface area contributed by atoms with Crippen LogP contribution in [-0.2, 0) is 9.47 Å². The zero-order valence-corrected chi connectivity index (χ0v) is 4.55. The van der Waals surface area contributed by atoms with Crippen LogP contribution in [0.4, 0.5) is 0 Å². The van der Waals surface area contributed by atoms with Crippen LogP contribution >= 0.6 is 0 Å². The second-order valence-corrected chi connectivity index (χ2v) is 0.998. The summed E-state index contributed by atoms with van der Waals surface area (Å²) in [6.07, 6.45) is 0. The molecule has 0 aromatic rings. The Kier molecular flexibility index (Phi) is 3.98. The minimum atomic E-state index is -1.05. The second kappa shape index (κ2) is 4.05. The molecule has 0 aliphatic carbocycles. The van der Waals surface area contributed by atoms with Crippen LogP contribution in [0.5, 0.6) is 0 Å². The molecule has 0 heterocycles. The summed E-state index contributed by atoms with van der Waals surface area (Å²) in [6, 6.07) is 0. The minimum Gasteiger partial charge on any atom is -0.346 e. The Morgan fingerprint density at radius 2 is 2.29 bits per heavy atom. The number of rotatable bonds is 3. The number of hydrogen-bond acceptors (Lipinski definition) is 3. The molecule has 0 aliphatic heterocycles. The Hall–Kier alpha value is -0.120. The molecule has 44 valence electrons. The summed E-state index contributed by atoms with van der Waals surface area (Å²) in [5, 5.41) is 8.41. The molecule has 3 heteroatoms. The summed E-state index contributed by atoms with van der Waals surface area (Å²) in [5.74, 6) is 0. The second-order valence-electron chi connectivity index (χ2n) is 0.998. The first-order valence-corrected chi connectivity index (χ1v) is 2.13. The van der Waals surface area contributed by atoms with Gasteiger partial charge in [-0.3, -0.25) is 0 Å². The lowest BCUT2D eigenvalue weighted by Crippen LogP contribution is -2.12. The van der Waals surface area contributed by atoms with E-state index < -0.39 is 6.48 Å². The molecule has 0 amide bonds. The lowest BCUT2D eigenvalue weighted by molar-refractivity contribution is -0.247. The summed E-state index contributed by atoms with van der Waals surface area (Å²) in [6.45, 7) is 1.20. The summed E-state index contributed by atoms with van der Waals surface area (Å²) in [5.41, 5.74) is 0. The highest BCUT2D eigenvalue weighted by Crippen LogP contribution is 1.83. The summed E-state index contributed by atoms with van der Waals surface area (Å²) in [4.78, 5) is 0. The molecule has 1 N–H and O–H groups in total. The maximum absolute atomic E-state index is 8.41. The standard InChI is InChI=1S/C4H10O3/c1-3-7-4(5)6-2/h4-5H,3H2,1-2H3. The molecule has 1 unspecified atom stereocenters. The zero-order chi connectivity index (χ0) is 5.70. The van der Waals surface area contributed by atoms with Gasteiger partial charge in [0.1, 0.15) is 0 Å². The van der Waals surface area contributed by atoms with E-state index in [1.54, 1.807) is 6.92 Å². The van der Waals surface area contributed by atoms with Gasteiger partial charge >= 0.3 is 0 Å². The highest BCUT2D eigenvalue weighted by Gasteiger charge is 1.94. The summed E-state index contributed by atoms with van der Waals surface area (Å²) in [7, 11) is 1.38. The predicted molar refractivity (Wildman–Crippen MR) is 24.6 cm³/mol. The van der Waals surface area contributed by atoms with E-state index in [4.69, 9.17) is 5.11 Å². The van der Waals surface area contributed by atoms with Gasteiger partial charge in [0.25, 0.3) is 6.48 Å². The summed E-state index contributed by atoms with van der Waals surface area (Å²) < 4.78 is 8.85. The van der Waals surface area contributed by atoms with Gasteiger partial charge < -0.3 is 14.6 Å². The molecule has 0 aromatic carbocycles. The van der Waals surface area contributed by atoms with E-state index in [1.165, 1.54) is 7.11 Å². The van der Waals surface area contributed by atoms with Crippen LogP contribution in [0.3, 0.4) is 0 Å². The number of aliphatic hydroxyl groups excluding tert-OH is 1.